The van der Waals surface area contributed by atoms with Crippen molar-refractivity contribution in [2.45, 2.75) is 32.3 Å². The summed E-state index contributed by atoms with van der Waals surface area (Å²) < 4.78 is 5.33. The summed E-state index contributed by atoms with van der Waals surface area (Å²) in [4.78, 5) is 5.48. The minimum absolute atomic E-state index is 0.399. The van der Waals surface area contributed by atoms with E-state index in [2.05, 4.69) is 4.98 Å². The zero-order valence-electron chi connectivity index (χ0n) is 8.49. The fourth-order valence-corrected chi connectivity index (χ4v) is 2.85. The molecule has 0 aliphatic carbocycles. The highest BCUT2D eigenvalue weighted by Crippen LogP contribution is 2.33. The van der Waals surface area contributed by atoms with Gasteiger partial charge in [0.15, 0.2) is 0 Å². The van der Waals surface area contributed by atoms with Gasteiger partial charge in [-0.2, -0.15) is 0 Å². The van der Waals surface area contributed by atoms with Crippen LogP contribution in [0.1, 0.15) is 40.9 Å². The quantitative estimate of drug-likeness (QED) is 0.817. The molecule has 1 aromatic heterocycles. The SMILES string of the molecule is Cc1nc(C2CCOC2)sc1C(C)O. The van der Waals surface area contributed by atoms with Crippen LogP contribution in [0.4, 0.5) is 0 Å². The van der Waals surface area contributed by atoms with E-state index in [-0.39, 0.29) is 0 Å². The Balaban J connectivity index is 2.22. The molecule has 1 fully saturated rings. The minimum atomic E-state index is -0.399. The molecular formula is C10H15NO2S. The number of ether oxygens (including phenoxy) is 1. The number of rotatable bonds is 2. The van der Waals surface area contributed by atoms with Crippen molar-refractivity contribution in [1.82, 2.24) is 4.98 Å². The topological polar surface area (TPSA) is 42.4 Å². The normalized spacial score (nSPS) is 24.1. The molecule has 0 aromatic carbocycles. The van der Waals surface area contributed by atoms with E-state index in [9.17, 15) is 5.11 Å². The van der Waals surface area contributed by atoms with Crippen molar-refractivity contribution in [2.75, 3.05) is 13.2 Å². The van der Waals surface area contributed by atoms with Crippen molar-refractivity contribution < 1.29 is 9.84 Å². The summed E-state index contributed by atoms with van der Waals surface area (Å²) in [6.45, 7) is 5.37. The molecule has 3 nitrogen and oxygen atoms in total. The molecule has 1 N–H and O–H groups in total. The summed E-state index contributed by atoms with van der Waals surface area (Å²) in [5.41, 5.74) is 0.965. The third-order valence-electron chi connectivity index (χ3n) is 2.51. The maximum atomic E-state index is 9.50. The Labute approximate surface area is 87.7 Å². The standard InChI is InChI=1S/C10H15NO2S/c1-6-9(7(2)12)14-10(11-6)8-3-4-13-5-8/h7-8,12H,3-5H2,1-2H3. The van der Waals surface area contributed by atoms with Crippen LogP contribution in [-0.4, -0.2) is 23.3 Å². The molecule has 2 heterocycles. The molecule has 2 rings (SSSR count). The van der Waals surface area contributed by atoms with E-state index in [1.54, 1.807) is 18.3 Å². The van der Waals surface area contributed by atoms with E-state index >= 15 is 0 Å². The Kier molecular flexibility index (Phi) is 2.85. The van der Waals surface area contributed by atoms with Gasteiger partial charge >= 0.3 is 0 Å². The predicted molar refractivity (Wildman–Crippen MR) is 55.7 cm³/mol. The Morgan fingerprint density at radius 3 is 2.93 bits per heavy atom. The Morgan fingerprint density at radius 2 is 2.43 bits per heavy atom. The molecule has 1 aromatic rings. The second kappa shape index (κ2) is 3.96. The minimum Gasteiger partial charge on any atom is -0.388 e. The number of hydrogen-bond donors (Lipinski definition) is 1. The van der Waals surface area contributed by atoms with Crippen molar-refractivity contribution in [3.8, 4) is 0 Å². The van der Waals surface area contributed by atoms with E-state index in [0.29, 0.717) is 5.92 Å². The van der Waals surface area contributed by atoms with Crippen LogP contribution in [0.15, 0.2) is 0 Å². The van der Waals surface area contributed by atoms with E-state index in [1.807, 2.05) is 6.92 Å². The molecule has 0 amide bonds. The maximum absolute atomic E-state index is 9.50. The van der Waals surface area contributed by atoms with Gasteiger partial charge in [0.1, 0.15) is 0 Å². The van der Waals surface area contributed by atoms with Gasteiger partial charge < -0.3 is 9.84 Å². The number of thiazole rings is 1. The lowest BCUT2D eigenvalue weighted by Gasteiger charge is -2.01. The van der Waals surface area contributed by atoms with E-state index in [4.69, 9.17) is 4.74 Å². The summed E-state index contributed by atoms with van der Waals surface area (Å²) in [5, 5.41) is 10.6. The van der Waals surface area contributed by atoms with Gasteiger partial charge in [0, 0.05) is 12.5 Å². The molecule has 1 aliphatic rings. The van der Waals surface area contributed by atoms with Crippen LogP contribution in [0.5, 0.6) is 0 Å². The summed E-state index contributed by atoms with van der Waals surface area (Å²) in [6.07, 6.45) is 0.662. The average molecular weight is 213 g/mol. The molecule has 14 heavy (non-hydrogen) atoms. The molecule has 0 bridgehead atoms. The van der Waals surface area contributed by atoms with Gasteiger partial charge in [-0.3, -0.25) is 0 Å². The first-order chi connectivity index (χ1) is 6.68. The van der Waals surface area contributed by atoms with E-state index in [0.717, 1.165) is 35.2 Å². The van der Waals surface area contributed by atoms with Crippen molar-refractivity contribution in [2.24, 2.45) is 0 Å². The van der Waals surface area contributed by atoms with Gasteiger partial charge in [-0.15, -0.1) is 11.3 Å². The third-order valence-corrected chi connectivity index (χ3v) is 4.00. The highest BCUT2D eigenvalue weighted by molar-refractivity contribution is 7.11. The number of aryl methyl sites for hydroxylation is 1. The molecule has 0 spiro atoms. The average Bonchev–Trinajstić information content (AvgIpc) is 2.70. The van der Waals surface area contributed by atoms with Crippen molar-refractivity contribution >= 4 is 11.3 Å². The van der Waals surface area contributed by atoms with Gasteiger partial charge in [0.25, 0.3) is 0 Å². The Hall–Kier alpha value is -0.450. The van der Waals surface area contributed by atoms with Crippen LogP contribution in [0.25, 0.3) is 0 Å². The van der Waals surface area contributed by atoms with Gasteiger partial charge in [-0.05, 0) is 20.3 Å². The lowest BCUT2D eigenvalue weighted by Crippen LogP contribution is -1.96. The summed E-state index contributed by atoms with van der Waals surface area (Å²) in [5.74, 6) is 0.450. The first kappa shape index (κ1) is 10.1. The monoisotopic (exact) mass is 213 g/mol. The summed E-state index contributed by atoms with van der Waals surface area (Å²) >= 11 is 1.62. The summed E-state index contributed by atoms with van der Waals surface area (Å²) in [7, 11) is 0. The van der Waals surface area contributed by atoms with Gasteiger partial charge in [-0.1, -0.05) is 0 Å². The van der Waals surface area contributed by atoms with Gasteiger partial charge in [0.2, 0.25) is 0 Å². The number of hydrogen-bond acceptors (Lipinski definition) is 4. The fraction of sp³-hybridized carbons (Fsp3) is 0.700. The van der Waals surface area contributed by atoms with Crippen LogP contribution in [0.2, 0.25) is 0 Å². The molecule has 0 saturated carbocycles. The number of aromatic nitrogens is 1. The van der Waals surface area contributed by atoms with Crippen molar-refractivity contribution in [3.05, 3.63) is 15.6 Å². The zero-order chi connectivity index (χ0) is 10.1. The third kappa shape index (κ3) is 1.82. The van der Waals surface area contributed by atoms with Crippen LogP contribution in [-0.2, 0) is 4.74 Å². The number of nitrogens with zero attached hydrogens (tertiary/aromatic N) is 1. The van der Waals surface area contributed by atoms with Crippen molar-refractivity contribution in [1.29, 1.82) is 0 Å². The van der Waals surface area contributed by atoms with E-state index in [1.165, 1.54) is 0 Å². The van der Waals surface area contributed by atoms with Crippen LogP contribution < -0.4 is 0 Å². The maximum Gasteiger partial charge on any atom is 0.0986 e. The molecule has 0 radical (unpaired) electrons. The van der Waals surface area contributed by atoms with Gasteiger partial charge in [-0.25, -0.2) is 4.98 Å². The van der Waals surface area contributed by atoms with Crippen LogP contribution in [0.3, 0.4) is 0 Å². The fourth-order valence-electron chi connectivity index (χ4n) is 1.72. The Bertz CT molecular complexity index is 316. The highest BCUT2D eigenvalue weighted by atomic mass is 32.1. The first-order valence-corrected chi connectivity index (χ1v) is 5.73. The molecule has 4 heteroatoms. The van der Waals surface area contributed by atoms with Crippen LogP contribution in [0, 0.1) is 6.92 Å². The Morgan fingerprint density at radius 1 is 1.64 bits per heavy atom. The number of aliphatic hydroxyl groups is 1. The molecular weight excluding hydrogens is 198 g/mol. The van der Waals surface area contributed by atoms with Gasteiger partial charge in [0.05, 0.1) is 28.3 Å². The largest absolute Gasteiger partial charge is 0.388 e. The van der Waals surface area contributed by atoms with Crippen LogP contribution >= 0.6 is 11.3 Å². The zero-order valence-corrected chi connectivity index (χ0v) is 9.30. The highest BCUT2D eigenvalue weighted by Gasteiger charge is 2.23. The lowest BCUT2D eigenvalue weighted by atomic mass is 10.1. The second-order valence-corrected chi connectivity index (χ2v) is 4.80. The predicted octanol–water partition coefficient (Wildman–Crippen LogP) is 2.01. The molecule has 2 unspecified atom stereocenters. The summed E-state index contributed by atoms with van der Waals surface area (Å²) in [6, 6.07) is 0. The number of aliphatic hydroxyl groups excluding tert-OH is 1. The second-order valence-electron chi connectivity index (χ2n) is 3.74. The van der Waals surface area contributed by atoms with E-state index < -0.39 is 6.10 Å². The van der Waals surface area contributed by atoms with Crippen molar-refractivity contribution in [3.63, 3.8) is 0 Å². The molecule has 2 atom stereocenters. The first-order valence-electron chi connectivity index (χ1n) is 4.91. The smallest absolute Gasteiger partial charge is 0.0986 e. The molecule has 1 saturated heterocycles. The molecule has 78 valence electrons. The molecule has 1 aliphatic heterocycles. The lowest BCUT2D eigenvalue weighted by molar-refractivity contribution is 0.194.